The van der Waals surface area contributed by atoms with E-state index in [-0.39, 0.29) is 17.9 Å². The van der Waals surface area contributed by atoms with E-state index >= 15 is 0 Å². The topological polar surface area (TPSA) is 96.2 Å². The number of carbonyl (C=O) groups is 1. The summed E-state index contributed by atoms with van der Waals surface area (Å²) in [7, 11) is -0.291. The molecular formula is C23H28N2O6S2. The zero-order valence-electron chi connectivity index (χ0n) is 18.9. The largest absolute Gasteiger partial charge is 0.495 e. The second kappa shape index (κ2) is 11.4. The number of rotatable bonds is 11. The number of thiazole rings is 1. The average Bonchev–Trinajstić information content (AvgIpc) is 3.16. The highest BCUT2D eigenvalue weighted by Gasteiger charge is 2.18. The van der Waals surface area contributed by atoms with Gasteiger partial charge in [0.15, 0.2) is 14.6 Å². The van der Waals surface area contributed by atoms with Crippen LogP contribution in [0.15, 0.2) is 47.5 Å². The van der Waals surface area contributed by atoms with Gasteiger partial charge in [0.25, 0.3) is 0 Å². The summed E-state index contributed by atoms with van der Waals surface area (Å²) in [5, 5.41) is 0. The van der Waals surface area contributed by atoms with Crippen molar-refractivity contribution < 1.29 is 27.4 Å². The van der Waals surface area contributed by atoms with Crippen molar-refractivity contribution in [1.29, 1.82) is 0 Å². The minimum atomic E-state index is -3.44. The van der Waals surface area contributed by atoms with Gasteiger partial charge in [-0.05, 0) is 24.6 Å². The molecule has 8 nitrogen and oxygen atoms in total. The van der Waals surface area contributed by atoms with Crippen molar-refractivity contribution in [3.8, 4) is 11.5 Å². The van der Waals surface area contributed by atoms with E-state index in [4.69, 9.17) is 14.2 Å². The molecule has 0 aliphatic carbocycles. The van der Waals surface area contributed by atoms with Crippen LogP contribution in [0.3, 0.4) is 0 Å². The molecular weight excluding hydrogens is 464 g/mol. The van der Waals surface area contributed by atoms with Crippen LogP contribution >= 0.6 is 11.3 Å². The SMILES string of the molecule is CCOCCn1c(=NC(=O)CCS(=O)(=O)Cc2ccccc2)sc2c(OC)ccc(OC)c21. The maximum Gasteiger partial charge on any atom is 0.249 e. The molecule has 1 heterocycles. The van der Waals surface area contributed by atoms with Crippen molar-refractivity contribution >= 4 is 37.3 Å². The van der Waals surface area contributed by atoms with Gasteiger partial charge in [0.05, 0.1) is 32.3 Å². The smallest absolute Gasteiger partial charge is 0.249 e. The van der Waals surface area contributed by atoms with Crippen LogP contribution in [0.4, 0.5) is 0 Å². The first-order valence-corrected chi connectivity index (χ1v) is 13.2. The van der Waals surface area contributed by atoms with Crippen molar-refractivity contribution in [3.63, 3.8) is 0 Å². The van der Waals surface area contributed by atoms with Crippen molar-refractivity contribution in [2.45, 2.75) is 25.6 Å². The highest BCUT2D eigenvalue weighted by atomic mass is 32.2. The van der Waals surface area contributed by atoms with Crippen LogP contribution in [0.1, 0.15) is 18.9 Å². The number of carbonyl (C=O) groups excluding carboxylic acids is 1. The molecule has 0 saturated carbocycles. The molecule has 3 rings (SSSR count). The van der Waals surface area contributed by atoms with Crippen LogP contribution in [0.5, 0.6) is 11.5 Å². The van der Waals surface area contributed by atoms with Crippen LogP contribution in [-0.2, 0) is 31.7 Å². The molecule has 1 aromatic heterocycles. The quantitative estimate of drug-likeness (QED) is 0.382. The molecule has 0 aliphatic heterocycles. The number of amides is 1. The number of sulfone groups is 1. The van der Waals surface area contributed by atoms with Crippen LogP contribution in [0.2, 0.25) is 0 Å². The van der Waals surface area contributed by atoms with E-state index in [1.807, 2.05) is 17.6 Å². The molecule has 1 amide bonds. The first kappa shape index (κ1) is 24.9. The minimum absolute atomic E-state index is 0.104. The van der Waals surface area contributed by atoms with Gasteiger partial charge in [0, 0.05) is 19.6 Å². The molecule has 0 bridgehead atoms. The van der Waals surface area contributed by atoms with E-state index < -0.39 is 15.7 Å². The van der Waals surface area contributed by atoms with Gasteiger partial charge in [-0.15, -0.1) is 0 Å². The van der Waals surface area contributed by atoms with E-state index in [0.717, 1.165) is 10.2 Å². The maximum absolute atomic E-state index is 12.6. The highest BCUT2D eigenvalue weighted by Crippen LogP contribution is 2.35. The molecule has 0 atom stereocenters. The molecule has 2 aromatic carbocycles. The Bertz CT molecular complexity index is 1260. The van der Waals surface area contributed by atoms with Crippen molar-refractivity contribution in [3.05, 3.63) is 52.8 Å². The molecule has 0 fully saturated rings. The number of methoxy groups -OCH3 is 2. The Morgan fingerprint density at radius 3 is 2.42 bits per heavy atom. The first-order valence-electron chi connectivity index (χ1n) is 10.5. The van der Waals surface area contributed by atoms with E-state index in [9.17, 15) is 13.2 Å². The Morgan fingerprint density at radius 1 is 1.06 bits per heavy atom. The molecule has 0 radical (unpaired) electrons. The number of benzene rings is 2. The summed E-state index contributed by atoms with van der Waals surface area (Å²) in [5.41, 5.74) is 1.45. The Morgan fingerprint density at radius 2 is 1.76 bits per heavy atom. The molecule has 178 valence electrons. The summed E-state index contributed by atoms with van der Waals surface area (Å²) < 4.78 is 44.1. The van der Waals surface area contributed by atoms with Gasteiger partial charge in [0.1, 0.15) is 21.7 Å². The molecule has 33 heavy (non-hydrogen) atoms. The minimum Gasteiger partial charge on any atom is -0.495 e. The van der Waals surface area contributed by atoms with Crippen LogP contribution < -0.4 is 14.3 Å². The normalized spacial score (nSPS) is 12.3. The van der Waals surface area contributed by atoms with Gasteiger partial charge in [-0.3, -0.25) is 4.79 Å². The maximum atomic E-state index is 12.6. The molecule has 0 N–H and O–H groups in total. The molecule has 0 aliphatic rings. The molecule has 3 aromatic rings. The van der Waals surface area contributed by atoms with E-state index in [1.54, 1.807) is 50.6 Å². The third-order valence-corrected chi connectivity index (χ3v) is 7.62. The monoisotopic (exact) mass is 492 g/mol. The zero-order valence-corrected chi connectivity index (χ0v) is 20.6. The summed E-state index contributed by atoms with van der Waals surface area (Å²) in [6.45, 7) is 3.35. The Hall–Kier alpha value is -2.69. The van der Waals surface area contributed by atoms with Gasteiger partial charge in [-0.2, -0.15) is 4.99 Å². The Labute approximate surface area is 197 Å². The summed E-state index contributed by atoms with van der Waals surface area (Å²) in [6.07, 6.45) is -0.191. The van der Waals surface area contributed by atoms with Gasteiger partial charge < -0.3 is 18.8 Å². The number of hydrogen-bond acceptors (Lipinski definition) is 7. The van der Waals surface area contributed by atoms with Gasteiger partial charge in [-0.1, -0.05) is 41.7 Å². The number of fused-ring (bicyclic) bond motifs is 1. The number of aromatic nitrogens is 1. The Balaban J connectivity index is 1.90. The van der Waals surface area contributed by atoms with E-state index in [1.165, 1.54) is 11.3 Å². The number of ether oxygens (including phenoxy) is 3. The van der Waals surface area contributed by atoms with Crippen molar-refractivity contribution in [1.82, 2.24) is 4.57 Å². The average molecular weight is 493 g/mol. The summed E-state index contributed by atoms with van der Waals surface area (Å²) in [5.74, 6) is 0.396. The first-order chi connectivity index (χ1) is 15.9. The van der Waals surface area contributed by atoms with Crippen molar-refractivity contribution in [2.75, 3.05) is 33.2 Å². The predicted octanol–water partition coefficient (Wildman–Crippen LogP) is 3.19. The molecule has 0 unspecified atom stereocenters. The van der Waals surface area contributed by atoms with Crippen LogP contribution in [0, 0.1) is 0 Å². The predicted molar refractivity (Wildman–Crippen MR) is 129 cm³/mol. The fraction of sp³-hybridized carbons (Fsp3) is 0.391. The second-order valence-electron chi connectivity index (χ2n) is 7.21. The summed E-state index contributed by atoms with van der Waals surface area (Å²) in [4.78, 5) is 17.3. The second-order valence-corrected chi connectivity index (χ2v) is 10.4. The third kappa shape index (κ3) is 6.43. The summed E-state index contributed by atoms with van der Waals surface area (Å²) in [6, 6.07) is 12.5. The van der Waals surface area contributed by atoms with Gasteiger partial charge in [0.2, 0.25) is 5.91 Å². The summed E-state index contributed by atoms with van der Waals surface area (Å²) >= 11 is 1.29. The zero-order chi connectivity index (χ0) is 23.8. The lowest BCUT2D eigenvalue weighted by Crippen LogP contribution is -2.21. The molecule has 0 spiro atoms. The lowest BCUT2D eigenvalue weighted by atomic mass is 10.2. The van der Waals surface area contributed by atoms with Gasteiger partial charge >= 0.3 is 0 Å². The van der Waals surface area contributed by atoms with E-state index in [0.29, 0.717) is 41.6 Å². The van der Waals surface area contributed by atoms with Crippen LogP contribution in [0.25, 0.3) is 10.2 Å². The van der Waals surface area contributed by atoms with Crippen molar-refractivity contribution in [2.24, 2.45) is 4.99 Å². The lowest BCUT2D eigenvalue weighted by molar-refractivity contribution is -0.117. The fourth-order valence-electron chi connectivity index (χ4n) is 3.35. The fourth-order valence-corrected chi connectivity index (χ4v) is 5.87. The highest BCUT2D eigenvalue weighted by molar-refractivity contribution is 7.90. The van der Waals surface area contributed by atoms with Crippen LogP contribution in [-0.4, -0.2) is 52.1 Å². The standard InChI is InChI=1S/C23H28N2O6S2/c1-4-31-14-13-25-21-18(29-2)10-11-19(30-3)22(21)32-23(25)24-20(26)12-15-33(27,28)16-17-8-6-5-7-9-17/h5-11H,4,12-16H2,1-3H3. The van der Waals surface area contributed by atoms with E-state index in [2.05, 4.69) is 4.99 Å². The number of nitrogens with zero attached hydrogens (tertiary/aromatic N) is 2. The van der Waals surface area contributed by atoms with Gasteiger partial charge in [-0.25, -0.2) is 8.42 Å². The Kier molecular flexibility index (Phi) is 8.65. The lowest BCUT2D eigenvalue weighted by Gasteiger charge is -2.10. The number of hydrogen-bond donors (Lipinski definition) is 0. The molecule has 10 heteroatoms. The molecule has 0 saturated heterocycles. The third-order valence-electron chi connectivity index (χ3n) is 4.93.